The number of likely N-dealkylation sites (tertiary alicyclic amines) is 1. The predicted molar refractivity (Wildman–Crippen MR) is 176 cm³/mol. The molecule has 11 nitrogen and oxygen atoms in total. The zero-order chi connectivity index (χ0) is 33.4. The molecule has 2 aromatic heterocycles. The molecule has 1 aliphatic heterocycles. The van der Waals surface area contributed by atoms with E-state index in [4.69, 9.17) is 9.52 Å². The Morgan fingerprint density at radius 2 is 1.59 bits per heavy atom. The highest BCUT2D eigenvalue weighted by molar-refractivity contribution is 7.86. The number of carbonyl (C=O) groups excluding carboxylic acids is 2. The molecule has 0 bridgehead atoms. The molecule has 46 heavy (non-hydrogen) atoms. The molecule has 2 aromatic carbocycles. The molecule has 0 saturated carbocycles. The van der Waals surface area contributed by atoms with Crippen molar-refractivity contribution in [3.63, 3.8) is 0 Å². The molecule has 244 valence electrons. The number of nitrogens with one attached hydrogen (secondary N) is 2. The minimum Gasteiger partial charge on any atom is -0.464 e. The summed E-state index contributed by atoms with van der Waals surface area (Å²) in [6, 6.07) is 17.2. The lowest BCUT2D eigenvalue weighted by Crippen LogP contribution is -2.39. The lowest BCUT2D eigenvalue weighted by molar-refractivity contribution is 0.0685. The summed E-state index contributed by atoms with van der Waals surface area (Å²) >= 11 is 0. The molecule has 12 heteroatoms. The van der Waals surface area contributed by atoms with Gasteiger partial charge in [-0.05, 0) is 75.8 Å². The fraction of sp³-hybridized carbons (Fsp3) is 0.382. The smallest absolute Gasteiger partial charge is 0.324 e. The number of hydrogen-bond donors (Lipinski definition) is 3. The summed E-state index contributed by atoms with van der Waals surface area (Å²) in [4.78, 5) is 27.4. The van der Waals surface area contributed by atoms with Crippen molar-refractivity contribution in [1.29, 1.82) is 0 Å². The number of amides is 3. The highest BCUT2D eigenvalue weighted by Crippen LogP contribution is 2.31. The van der Waals surface area contributed by atoms with Gasteiger partial charge in [-0.3, -0.25) is 14.7 Å². The molecular formula is C34H41N5O6S. The number of benzene rings is 2. The third-order valence-electron chi connectivity index (χ3n) is 8.31. The van der Waals surface area contributed by atoms with Gasteiger partial charge in [0.2, 0.25) is 0 Å². The van der Waals surface area contributed by atoms with E-state index < -0.39 is 20.9 Å². The number of piperidine rings is 1. The summed E-state index contributed by atoms with van der Waals surface area (Å²) in [5.74, 6) is 0.618. The molecule has 1 fully saturated rings. The van der Waals surface area contributed by atoms with E-state index in [1.807, 2.05) is 61.5 Å². The molecule has 3 heterocycles. The second kappa shape index (κ2) is 12.8. The lowest BCUT2D eigenvalue weighted by Gasteiger charge is -2.32. The zero-order valence-corrected chi connectivity index (χ0v) is 27.9. The number of furan rings is 1. The molecule has 0 aliphatic carbocycles. The number of rotatable bonds is 7. The quantitative estimate of drug-likeness (QED) is 0.190. The first-order chi connectivity index (χ1) is 21.6. The van der Waals surface area contributed by atoms with Gasteiger partial charge in [0.15, 0.2) is 0 Å². The summed E-state index contributed by atoms with van der Waals surface area (Å²) in [6.45, 7) is 12.1. The molecule has 0 atom stereocenters. The second-order valence-electron chi connectivity index (χ2n) is 13.0. The van der Waals surface area contributed by atoms with Crippen molar-refractivity contribution >= 4 is 33.6 Å². The minimum absolute atomic E-state index is 0.00260. The van der Waals surface area contributed by atoms with E-state index in [1.165, 1.54) is 13.8 Å². The molecule has 0 radical (unpaired) electrons. The first-order valence-corrected chi connectivity index (χ1v) is 16.8. The van der Waals surface area contributed by atoms with Gasteiger partial charge in [-0.2, -0.15) is 13.5 Å². The van der Waals surface area contributed by atoms with Gasteiger partial charge in [0.25, 0.3) is 16.0 Å². The van der Waals surface area contributed by atoms with Crippen molar-refractivity contribution in [2.45, 2.75) is 71.1 Å². The molecule has 3 N–H and O–H groups in total. The van der Waals surface area contributed by atoms with Gasteiger partial charge < -0.3 is 14.6 Å². The van der Waals surface area contributed by atoms with Crippen molar-refractivity contribution in [2.75, 3.05) is 23.7 Å². The van der Waals surface area contributed by atoms with E-state index in [2.05, 4.69) is 31.4 Å². The molecule has 3 amide bonds. The van der Waals surface area contributed by atoms with Crippen LogP contribution in [0.4, 0.5) is 16.3 Å². The predicted octanol–water partition coefficient (Wildman–Crippen LogP) is 6.67. The first kappa shape index (κ1) is 33.0. The fourth-order valence-corrected chi connectivity index (χ4v) is 6.67. The van der Waals surface area contributed by atoms with Crippen LogP contribution in [-0.2, 0) is 22.0 Å². The van der Waals surface area contributed by atoms with Crippen LogP contribution in [0, 0.1) is 26.7 Å². The topological polar surface area (TPSA) is 147 Å². The van der Waals surface area contributed by atoms with E-state index in [1.54, 1.807) is 9.58 Å². The maximum Gasteiger partial charge on any atom is 0.324 e. The summed E-state index contributed by atoms with van der Waals surface area (Å²) in [5, 5.41) is 10.6. The van der Waals surface area contributed by atoms with Gasteiger partial charge in [0, 0.05) is 30.3 Å². The van der Waals surface area contributed by atoms with E-state index in [9.17, 15) is 22.6 Å². The van der Waals surface area contributed by atoms with Gasteiger partial charge >= 0.3 is 6.03 Å². The molecule has 5 rings (SSSR count). The average molecular weight is 648 g/mol. The molecule has 1 saturated heterocycles. The van der Waals surface area contributed by atoms with Crippen molar-refractivity contribution in [2.24, 2.45) is 5.92 Å². The van der Waals surface area contributed by atoms with Crippen LogP contribution in [-0.4, -0.2) is 52.7 Å². The lowest BCUT2D eigenvalue weighted by atomic mass is 9.90. The number of urea groups is 1. The molecule has 0 unspecified atom stereocenters. The zero-order valence-electron chi connectivity index (χ0n) is 27.0. The number of aromatic nitrogens is 2. The third-order valence-corrected chi connectivity index (χ3v) is 9.32. The Bertz CT molecular complexity index is 1840. The van der Waals surface area contributed by atoms with Gasteiger partial charge in [0.05, 0.1) is 11.4 Å². The molecule has 4 aromatic rings. The Balaban J connectivity index is 1.18. The minimum atomic E-state index is -4.60. The number of aryl methyl sites for hydroxylation is 3. The van der Waals surface area contributed by atoms with E-state index in [0.29, 0.717) is 30.5 Å². The van der Waals surface area contributed by atoms with E-state index in [0.717, 1.165) is 41.8 Å². The third kappa shape index (κ3) is 7.34. The summed E-state index contributed by atoms with van der Waals surface area (Å²) in [5.41, 5.74) is 4.31. The average Bonchev–Trinajstić information content (AvgIpc) is 3.54. The number of carbonyl (C=O) groups is 2. The van der Waals surface area contributed by atoms with Crippen molar-refractivity contribution in [3.8, 4) is 5.69 Å². The van der Waals surface area contributed by atoms with Crippen LogP contribution in [0.2, 0.25) is 0 Å². The van der Waals surface area contributed by atoms with Crippen LogP contribution >= 0.6 is 0 Å². The molecular weight excluding hydrogens is 606 g/mol. The Labute approximate surface area is 269 Å². The van der Waals surface area contributed by atoms with Gasteiger partial charge in [0.1, 0.15) is 27.8 Å². The first-order valence-electron chi connectivity index (χ1n) is 15.3. The number of anilines is 2. The Kier molecular flexibility index (Phi) is 9.14. The van der Waals surface area contributed by atoms with Crippen LogP contribution in [0.25, 0.3) is 5.69 Å². The van der Waals surface area contributed by atoms with Gasteiger partial charge in [-0.15, -0.1) is 0 Å². The van der Waals surface area contributed by atoms with Gasteiger partial charge in [-0.1, -0.05) is 50.6 Å². The summed E-state index contributed by atoms with van der Waals surface area (Å²) in [6.07, 6.45) is 2.30. The summed E-state index contributed by atoms with van der Waals surface area (Å²) < 4.78 is 40.6. The molecule has 1 aliphatic rings. The Morgan fingerprint density at radius 1 is 0.957 bits per heavy atom. The normalized spacial score (nSPS) is 14.4. The Morgan fingerprint density at radius 3 is 2.17 bits per heavy atom. The van der Waals surface area contributed by atoms with Crippen molar-refractivity contribution in [1.82, 2.24) is 14.7 Å². The van der Waals surface area contributed by atoms with Crippen LogP contribution in [0.15, 0.2) is 63.9 Å². The van der Waals surface area contributed by atoms with Crippen LogP contribution < -0.4 is 10.6 Å². The SMILES string of the molecule is Cc1ccc(-n2nc(C(C)(C)C)cc2NC(=O)Nc2ccc(CC3CCN(C(=O)c4c(C)oc(C)c4S(=O)(=O)O)CC3)cc2)cc1. The standard InChI is InChI=1S/C34H41N5O6S/c1-21-7-13-27(14-8-21)39-29(20-28(37-39)34(4,5)6)36-33(41)35-26-11-9-24(10-12-26)19-25-15-17-38(18-16-25)32(40)30-22(2)45-23(3)31(30)46(42,43)44/h7-14,20,25H,15-19H2,1-6H3,(H2,35,36,41)(H,42,43,44). The number of hydrogen-bond acceptors (Lipinski definition) is 6. The summed E-state index contributed by atoms with van der Waals surface area (Å²) in [7, 11) is -4.60. The monoisotopic (exact) mass is 647 g/mol. The van der Waals surface area contributed by atoms with Crippen LogP contribution in [0.3, 0.4) is 0 Å². The fourth-order valence-electron chi connectivity index (χ4n) is 5.78. The van der Waals surface area contributed by atoms with Crippen molar-refractivity contribution < 1.29 is 27.0 Å². The maximum absolute atomic E-state index is 13.2. The highest BCUT2D eigenvalue weighted by atomic mass is 32.2. The largest absolute Gasteiger partial charge is 0.464 e. The van der Waals surface area contributed by atoms with E-state index >= 15 is 0 Å². The van der Waals surface area contributed by atoms with Crippen LogP contribution in [0.1, 0.15) is 72.3 Å². The van der Waals surface area contributed by atoms with E-state index in [-0.39, 0.29) is 28.5 Å². The second-order valence-corrected chi connectivity index (χ2v) is 14.4. The maximum atomic E-state index is 13.2. The molecule has 0 spiro atoms. The van der Waals surface area contributed by atoms with Gasteiger partial charge in [-0.25, -0.2) is 9.48 Å². The van der Waals surface area contributed by atoms with Crippen molar-refractivity contribution in [3.05, 3.63) is 88.5 Å². The Hall–Kier alpha value is -4.42. The number of nitrogens with zero attached hydrogens (tertiary/aromatic N) is 3. The highest BCUT2D eigenvalue weighted by Gasteiger charge is 2.33. The van der Waals surface area contributed by atoms with Crippen LogP contribution in [0.5, 0.6) is 0 Å².